The van der Waals surface area contributed by atoms with Gasteiger partial charge in [0, 0.05) is 20.7 Å². The Morgan fingerprint density at radius 1 is 1.19 bits per heavy atom. The van der Waals surface area contributed by atoms with E-state index in [0.717, 1.165) is 68.9 Å². The van der Waals surface area contributed by atoms with Crippen molar-refractivity contribution in [1.29, 1.82) is 0 Å². The Balaban J connectivity index is 1.51. The van der Waals surface area contributed by atoms with Crippen LogP contribution in [-0.4, -0.2) is 28.7 Å². The Morgan fingerprint density at radius 3 is 2.72 bits per heavy atom. The lowest BCUT2D eigenvalue weighted by Crippen LogP contribution is -2.19. The number of nitrogens with zero attached hydrogens (tertiary/aromatic N) is 2. The van der Waals surface area contributed by atoms with Crippen molar-refractivity contribution < 1.29 is 14.3 Å². The van der Waals surface area contributed by atoms with Crippen LogP contribution in [-0.2, 0) is 22.4 Å². The maximum atomic E-state index is 12.8. The first kappa shape index (κ1) is 25.0. The fourth-order valence-electron chi connectivity index (χ4n) is 4.74. The summed E-state index contributed by atoms with van der Waals surface area (Å²) < 4.78 is 8.29. The monoisotopic (exact) mass is 583 g/mol. The summed E-state index contributed by atoms with van der Waals surface area (Å²) in [5, 5.41) is 4.35. The highest BCUT2D eigenvalue weighted by atomic mass is 79.9. The van der Waals surface area contributed by atoms with Crippen molar-refractivity contribution in [2.24, 2.45) is 4.99 Å². The van der Waals surface area contributed by atoms with Crippen LogP contribution in [0.4, 0.5) is 5.69 Å². The van der Waals surface area contributed by atoms with Gasteiger partial charge in [-0.2, -0.15) is 0 Å². The number of hydrogen-bond donors (Lipinski definition) is 1. The number of ether oxygens (including phenoxy) is 1. The predicted molar refractivity (Wildman–Crippen MR) is 151 cm³/mol. The molecule has 1 aliphatic carbocycles. The van der Waals surface area contributed by atoms with Crippen molar-refractivity contribution in [2.45, 2.75) is 46.5 Å². The molecule has 0 radical (unpaired) electrons. The molecule has 0 atom stereocenters. The van der Waals surface area contributed by atoms with Crippen LogP contribution in [0.25, 0.3) is 11.1 Å². The Morgan fingerprint density at radius 2 is 1.97 bits per heavy atom. The van der Waals surface area contributed by atoms with Crippen LogP contribution < -0.4 is 5.32 Å². The number of amides is 1. The van der Waals surface area contributed by atoms with Crippen molar-refractivity contribution >= 4 is 67.8 Å². The number of rotatable bonds is 4. The number of aryl methyl sites for hydroxylation is 3. The Labute approximate surface area is 227 Å². The van der Waals surface area contributed by atoms with E-state index in [9.17, 15) is 9.59 Å². The third-order valence-electron chi connectivity index (χ3n) is 6.53. The molecule has 3 aromatic rings. The van der Waals surface area contributed by atoms with Crippen molar-refractivity contribution in [3.8, 4) is 5.00 Å². The van der Waals surface area contributed by atoms with Gasteiger partial charge in [-0.3, -0.25) is 4.79 Å². The summed E-state index contributed by atoms with van der Waals surface area (Å²) in [5.41, 5.74) is 6.58. The van der Waals surface area contributed by atoms with E-state index in [-0.39, 0.29) is 11.9 Å². The van der Waals surface area contributed by atoms with Gasteiger partial charge < -0.3 is 14.6 Å². The molecule has 2 aromatic heterocycles. The molecule has 1 saturated heterocycles. The number of halogens is 1. The molecule has 1 fully saturated rings. The third-order valence-corrected chi connectivity index (χ3v) is 9.21. The van der Waals surface area contributed by atoms with E-state index in [2.05, 4.69) is 36.9 Å². The molecule has 36 heavy (non-hydrogen) atoms. The number of carbonyl (C=O) groups is 2. The van der Waals surface area contributed by atoms with E-state index in [1.165, 1.54) is 23.7 Å². The summed E-state index contributed by atoms with van der Waals surface area (Å²) in [6.45, 7) is 6.04. The Hall–Kier alpha value is -2.62. The van der Waals surface area contributed by atoms with Crippen molar-refractivity contribution in [1.82, 2.24) is 9.88 Å². The lowest BCUT2D eigenvalue weighted by atomic mass is 9.95. The van der Waals surface area contributed by atoms with E-state index in [4.69, 9.17) is 4.74 Å². The molecule has 1 aliphatic heterocycles. The van der Waals surface area contributed by atoms with Gasteiger partial charge >= 0.3 is 5.97 Å². The minimum absolute atomic E-state index is 0.167. The Kier molecular flexibility index (Phi) is 6.98. The minimum atomic E-state index is -0.286. The summed E-state index contributed by atoms with van der Waals surface area (Å²) in [7, 11) is 1.44. The highest BCUT2D eigenvalue weighted by molar-refractivity contribution is 9.10. The average molecular weight is 585 g/mol. The molecule has 1 N–H and O–H groups in total. The molecular formula is C27H26BrN3O3S2. The standard InChI is InChI=1S/C27H26BrN3O3S2/c1-14-11-18(28)9-10-20(14)29-27-30-24(32)22(36-27)13-17-12-15(2)31(16(17)3)25-23(26(33)34-4)19-7-5-6-8-21(19)35-25/h9-13H,5-8H2,1-4H3,(H,29,30,32)/b22-13-. The first-order valence-corrected chi connectivity index (χ1v) is 14.2. The van der Waals surface area contributed by atoms with Crippen molar-refractivity contribution in [2.75, 3.05) is 7.11 Å². The van der Waals surface area contributed by atoms with Crippen LogP contribution in [0.2, 0.25) is 0 Å². The minimum Gasteiger partial charge on any atom is -0.465 e. The first-order chi connectivity index (χ1) is 17.3. The van der Waals surface area contributed by atoms with Gasteiger partial charge in [0.1, 0.15) is 5.00 Å². The number of aliphatic imine (C=N–C) groups is 1. The first-order valence-electron chi connectivity index (χ1n) is 11.7. The number of carbonyl (C=O) groups excluding carboxylic acids is 2. The lowest BCUT2D eigenvalue weighted by Gasteiger charge is -2.12. The number of esters is 1. The van der Waals surface area contributed by atoms with Gasteiger partial charge in [-0.15, -0.1) is 11.3 Å². The number of methoxy groups -OCH3 is 1. The summed E-state index contributed by atoms with van der Waals surface area (Å²) in [5.74, 6) is -0.452. The van der Waals surface area contributed by atoms with E-state index < -0.39 is 0 Å². The maximum absolute atomic E-state index is 12.8. The second-order valence-electron chi connectivity index (χ2n) is 8.96. The topological polar surface area (TPSA) is 72.7 Å². The van der Waals surface area contributed by atoms with Gasteiger partial charge in [0.25, 0.3) is 5.91 Å². The molecule has 9 heteroatoms. The fourth-order valence-corrected chi connectivity index (χ4v) is 7.53. The smallest absolute Gasteiger partial charge is 0.341 e. The number of amidine groups is 1. The second-order valence-corrected chi connectivity index (χ2v) is 12.0. The molecule has 0 saturated carbocycles. The number of fused-ring (bicyclic) bond motifs is 1. The number of benzene rings is 1. The van der Waals surface area contributed by atoms with Crippen molar-refractivity contribution in [3.05, 3.63) is 72.2 Å². The van der Waals surface area contributed by atoms with E-state index in [1.807, 2.05) is 45.0 Å². The highest BCUT2D eigenvalue weighted by Gasteiger charge is 2.29. The number of nitrogens with one attached hydrogen (secondary N) is 1. The van der Waals surface area contributed by atoms with Crippen LogP contribution in [0.5, 0.6) is 0 Å². The summed E-state index contributed by atoms with van der Waals surface area (Å²) >= 11 is 6.48. The summed E-state index contributed by atoms with van der Waals surface area (Å²) in [6.07, 6.45) is 6.04. The molecule has 3 heterocycles. The quantitative estimate of drug-likeness (QED) is 0.271. The summed E-state index contributed by atoms with van der Waals surface area (Å²) in [6, 6.07) is 7.92. The second kappa shape index (κ2) is 10.0. The van der Waals surface area contributed by atoms with Gasteiger partial charge in [0.05, 0.1) is 23.3 Å². The highest BCUT2D eigenvalue weighted by Crippen LogP contribution is 2.40. The largest absolute Gasteiger partial charge is 0.465 e. The van der Waals surface area contributed by atoms with Crippen LogP contribution >= 0.6 is 39.0 Å². The van der Waals surface area contributed by atoms with Crippen LogP contribution in [0.3, 0.4) is 0 Å². The molecule has 5 rings (SSSR count). The maximum Gasteiger partial charge on any atom is 0.341 e. The molecule has 0 bridgehead atoms. The molecule has 1 aromatic carbocycles. The number of thioether (sulfide) groups is 1. The number of thiophene rings is 1. The average Bonchev–Trinajstić information content (AvgIpc) is 3.48. The van der Waals surface area contributed by atoms with Gasteiger partial charge in [-0.05, 0) is 105 Å². The van der Waals surface area contributed by atoms with Gasteiger partial charge in [-0.25, -0.2) is 9.79 Å². The van der Waals surface area contributed by atoms with Crippen LogP contribution in [0, 0.1) is 20.8 Å². The molecule has 2 aliphatic rings. The Bertz CT molecular complexity index is 1470. The zero-order valence-electron chi connectivity index (χ0n) is 20.5. The van der Waals surface area contributed by atoms with Crippen LogP contribution in [0.1, 0.15) is 56.2 Å². The number of hydrogen-bond acceptors (Lipinski definition) is 6. The van der Waals surface area contributed by atoms with Crippen LogP contribution in [0.15, 0.2) is 38.6 Å². The summed E-state index contributed by atoms with van der Waals surface area (Å²) in [4.78, 5) is 32.1. The fraction of sp³-hybridized carbons (Fsp3) is 0.296. The normalized spacial score (nSPS) is 17.5. The van der Waals surface area contributed by atoms with E-state index in [1.54, 1.807) is 11.3 Å². The molecule has 0 unspecified atom stereocenters. The number of aromatic nitrogens is 1. The molecule has 186 valence electrons. The molecular weight excluding hydrogens is 558 g/mol. The third kappa shape index (κ3) is 4.60. The molecule has 0 spiro atoms. The van der Waals surface area contributed by atoms with E-state index in [0.29, 0.717) is 15.6 Å². The van der Waals surface area contributed by atoms with E-state index >= 15 is 0 Å². The van der Waals surface area contributed by atoms with Gasteiger partial charge in [0.15, 0.2) is 5.17 Å². The zero-order chi connectivity index (χ0) is 25.6. The van der Waals surface area contributed by atoms with Gasteiger partial charge in [0.2, 0.25) is 0 Å². The molecule has 6 nitrogen and oxygen atoms in total. The van der Waals surface area contributed by atoms with Crippen molar-refractivity contribution in [3.63, 3.8) is 0 Å². The lowest BCUT2D eigenvalue weighted by molar-refractivity contribution is -0.115. The van der Waals surface area contributed by atoms with Gasteiger partial charge in [-0.1, -0.05) is 15.9 Å². The predicted octanol–water partition coefficient (Wildman–Crippen LogP) is 6.78. The molecule has 1 amide bonds. The SMILES string of the molecule is COC(=O)c1c(-n2c(C)cc(/C=C3\SC(=Nc4ccc(Br)cc4C)NC3=O)c2C)sc2c1CCCC2. The zero-order valence-corrected chi connectivity index (χ0v) is 23.7.